The van der Waals surface area contributed by atoms with Gasteiger partial charge in [-0.1, -0.05) is 11.3 Å². The molecule has 1 aromatic rings. The van der Waals surface area contributed by atoms with Gasteiger partial charge in [0.2, 0.25) is 0 Å². The lowest BCUT2D eigenvalue weighted by Crippen LogP contribution is -2.40. The number of rotatable bonds is 3. The topological polar surface area (TPSA) is 63.7 Å². The van der Waals surface area contributed by atoms with E-state index in [1.165, 1.54) is 0 Å². The molecule has 0 bridgehead atoms. The van der Waals surface area contributed by atoms with Crippen molar-refractivity contribution in [1.82, 2.24) is 10.3 Å². The number of hydrogen-bond donors (Lipinski definition) is 1. The van der Waals surface area contributed by atoms with Crippen molar-refractivity contribution in [3.8, 4) is 0 Å². The fourth-order valence-electron chi connectivity index (χ4n) is 1.74. The smallest absolute Gasteiger partial charge is 0.407 e. The van der Waals surface area contributed by atoms with Gasteiger partial charge in [0.05, 0.1) is 18.1 Å². The Morgan fingerprint density at radius 1 is 1.50 bits per heavy atom. The van der Waals surface area contributed by atoms with Crippen molar-refractivity contribution in [2.75, 3.05) is 31.2 Å². The van der Waals surface area contributed by atoms with Crippen molar-refractivity contribution in [3.63, 3.8) is 0 Å². The van der Waals surface area contributed by atoms with E-state index < -0.39 is 6.09 Å². The molecule has 1 aromatic heterocycles. The van der Waals surface area contributed by atoms with Gasteiger partial charge in [-0.25, -0.2) is 9.78 Å². The van der Waals surface area contributed by atoms with Gasteiger partial charge in [0.25, 0.3) is 0 Å². The summed E-state index contributed by atoms with van der Waals surface area (Å²) in [5, 5.41) is 3.72. The van der Waals surface area contributed by atoms with Gasteiger partial charge in [0.15, 0.2) is 5.13 Å². The Morgan fingerprint density at radius 2 is 2.20 bits per heavy atom. The van der Waals surface area contributed by atoms with Gasteiger partial charge < -0.3 is 19.7 Å². The molecule has 1 fully saturated rings. The van der Waals surface area contributed by atoms with E-state index >= 15 is 0 Å². The first-order valence-electron chi connectivity index (χ1n) is 6.66. The lowest BCUT2D eigenvalue weighted by atomic mass is 10.1. The minimum absolute atomic E-state index is 0.254. The molecular weight excluding hydrogens is 278 g/mol. The fraction of sp³-hybridized carbons (Fsp3) is 0.692. The van der Waals surface area contributed by atoms with Crippen LogP contribution in [0.25, 0.3) is 0 Å². The minimum Gasteiger partial charge on any atom is -0.444 e. The predicted molar refractivity (Wildman–Crippen MR) is 78.2 cm³/mol. The normalized spacial score (nSPS) is 16.1. The van der Waals surface area contributed by atoms with E-state index in [9.17, 15) is 4.79 Å². The molecule has 0 atom stereocenters. The fourth-order valence-corrected chi connectivity index (χ4v) is 2.62. The Balaban J connectivity index is 1.82. The van der Waals surface area contributed by atoms with Crippen LogP contribution in [0.4, 0.5) is 9.93 Å². The SMILES string of the molecule is CC(C)(C)NC(=O)OCc1cnc(N2CCOCC2)s1. The standard InChI is InChI=1S/C13H21N3O3S/c1-13(2,3)15-12(17)19-9-10-8-14-11(20-10)16-4-6-18-7-5-16/h8H,4-7,9H2,1-3H3,(H,15,17). The third-order valence-corrected chi connectivity index (χ3v) is 3.68. The van der Waals surface area contributed by atoms with Gasteiger partial charge in [-0.2, -0.15) is 0 Å². The number of hydrogen-bond acceptors (Lipinski definition) is 6. The molecule has 1 saturated heterocycles. The largest absolute Gasteiger partial charge is 0.444 e. The van der Waals surface area contributed by atoms with Gasteiger partial charge >= 0.3 is 6.09 Å². The van der Waals surface area contributed by atoms with E-state index in [1.807, 2.05) is 20.8 Å². The average molecular weight is 299 g/mol. The number of alkyl carbamates (subject to hydrolysis) is 1. The molecule has 0 aliphatic carbocycles. The summed E-state index contributed by atoms with van der Waals surface area (Å²) in [6, 6.07) is 0. The third kappa shape index (κ3) is 4.64. The molecule has 1 N–H and O–H groups in total. The summed E-state index contributed by atoms with van der Waals surface area (Å²) in [5.74, 6) is 0. The van der Waals surface area contributed by atoms with Gasteiger partial charge in [-0.3, -0.25) is 0 Å². The molecule has 0 unspecified atom stereocenters. The zero-order chi connectivity index (χ0) is 14.6. The number of thiazole rings is 1. The van der Waals surface area contributed by atoms with Crippen LogP contribution >= 0.6 is 11.3 Å². The minimum atomic E-state index is -0.404. The van der Waals surface area contributed by atoms with Gasteiger partial charge in [-0.15, -0.1) is 0 Å². The summed E-state index contributed by atoms with van der Waals surface area (Å²) < 4.78 is 10.5. The second-order valence-corrected chi connectivity index (χ2v) is 6.75. The Labute approximate surface area is 123 Å². The lowest BCUT2D eigenvalue weighted by molar-refractivity contribution is 0.122. The molecule has 6 nitrogen and oxygen atoms in total. The molecule has 0 radical (unpaired) electrons. The number of carbonyl (C=O) groups is 1. The first-order valence-corrected chi connectivity index (χ1v) is 7.48. The van der Waals surface area contributed by atoms with Crippen LogP contribution in [0.5, 0.6) is 0 Å². The molecule has 0 aromatic carbocycles. The number of carbonyl (C=O) groups excluding carboxylic acids is 1. The molecule has 20 heavy (non-hydrogen) atoms. The van der Waals surface area contributed by atoms with Crippen molar-refractivity contribution >= 4 is 22.6 Å². The number of nitrogens with one attached hydrogen (secondary N) is 1. The molecule has 112 valence electrons. The Kier molecular flexibility index (Phi) is 4.82. The maximum atomic E-state index is 11.6. The van der Waals surface area contributed by atoms with E-state index in [0.717, 1.165) is 36.3 Å². The maximum absolute atomic E-state index is 11.6. The van der Waals surface area contributed by atoms with Gasteiger partial charge in [0.1, 0.15) is 6.61 Å². The Bertz CT molecular complexity index is 450. The van der Waals surface area contributed by atoms with Crippen molar-refractivity contribution in [1.29, 1.82) is 0 Å². The molecule has 1 aliphatic heterocycles. The van der Waals surface area contributed by atoms with E-state index in [0.29, 0.717) is 0 Å². The molecule has 7 heteroatoms. The lowest BCUT2D eigenvalue weighted by Gasteiger charge is -2.25. The molecule has 0 spiro atoms. The average Bonchev–Trinajstić information content (AvgIpc) is 2.84. The van der Waals surface area contributed by atoms with Crippen LogP contribution in [-0.2, 0) is 16.1 Å². The van der Waals surface area contributed by atoms with Crippen LogP contribution in [0.15, 0.2) is 6.20 Å². The summed E-state index contributed by atoms with van der Waals surface area (Å²) in [6.07, 6.45) is 1.36. The van der Waals surface area contributed by atoms with Crippen LogP contribution in [0.1, 0.15) is 25.6 Å². The summed E-state index contributed by atoms with van der Waals surface area (Å²) in [6.45, 7) is 9.19. The predicted octanol–water partition coefficient (Wildman–Crippen LogP) is 2.00. The highest BCUT2D eigenvalue weighted by Crippen LogP contribution is 2.23. The first kappa shape index (κ1) is 15.1. The van der Waals surface area contributed by atoms with Gasteiger partial charge in [-0.05, 0) is 20.8 Å². The van der Waals surface area contributed by atoms with Crippen LogP contribution in [0, 0.1) is 0 Å². The van der Waals surface area contributed by atoms with E-state index in [2.05, 4.69) is 15.2 Å². The summed E-state index contributed by atoms with van der Waals surface area (Å²) in [5.41, 5.74) is -0.288. The highest BCUT2D eigenvalue weighted by molar-refractivity contribution is 7.15. The molecule has 1 aliphatic rings. The molecule has 2 heterocycles. The highest BCUT2D eigenvalue weighted by atomic mass is 32.1. The number of nitrogens with zero attached hydrogens (tertiary/aromatic N) is 2. The quantitative estimate of drug-likeness (QED) is 0.925. The van der Waals surface area contributed by atoms with Crippen LogP contribution in [-0.4, -0.2) is 42.9 Å². The van der Waals surface area contributed by atoms with Crippen LogP contribution < -0.4 is 10.2 Å². The van der Waals surface area contributed by atoms with Gasteiger partial charge in [0, 0.05) is 24.8 Å². The monoisotopic (exact) mass is 299 g/mol. The second-order valence-electron chi connectivity index (χ2n) is 5.66. The van der Waals surface area contributed by atoms with E-state index in [1.54, 1.807) is 17.5 Å². The molecule has 0 saturated carbocycles. The van der Waals surface area contributed by atoms with Crippen LogP contribution in [0.2, 0.25) is 0 Å². The van der Waals surface area contributed by atoms with E-state index in [-0.39, 0.29) is 12.1 Å². The summed E-state index contributed by atoms with van der Waals surface area (Å²) in [7, 11) is 0. The Morgan fingerprint density at radius 3 is 2.85 bits per heavy atom. The third-order valence-electron chi connectivity index (χ3n) is 2.65. The summed E-state index contributed by atoms with van der Waals surface area (Å²) >= 11 is 1.55. The number of aromatic nitrogens is 1. The summed E-state index contributed by atoms with van der Waals surface area (Å²) in [4.78, 5) is 19.1. The van der Waals surface area contributed by atoms with Crippen molar-refractivity contribution < 1.29 is 14.3 Å². The van der Waals surface area contributed by atoms with Crippen LogP contribution in [0.3, 0.4) is 0 Å². The zero-order valence-corrected chi connectivity index (χ0v) is 13.0. The maximum Gasteiger partial charge on any atom is 0.407 e. The molecular formula is C13H21N3O3S. The second kappa shape index (κ2) is 6.41. The van der Waals surface area contributed by atoms with Crippen molar-refractivity contribution in [3.05, 3.63) is 11.1 Å². The molecule has 2 rings (SSSR count). The number of anilines is 1. The number of amides is 1. The van der Waals surface area contributed by atoms with Crippen molar-refractivity contribution in [2.24, 2.45) is 0 Å². The highest BCUT2D eigenvalue weighted by Gasteiger charge is 2.17. The van der Waals surface area contributed by atoms with E-state index in [4.69, 9.17) is 9.47 Å². The Hall–Kier alpha value is -1.34. The van der Waals surface area contributed by atoms with Crippen molar-refractivity contribution in [2.45, 2.75) is 32.9 Å². The molecule has 1 amide bonds. The first-order chi connectivity index (χ1) is 9.44. The number of morpholine rings is 1. The zero-order valence-electron chi connectivity index (χ0n) is 12.1. The number of ether oxygens (including phenoxy) is 2.